The standard InChI is InChI=1S/C36H52N2O4Si/c1-26(37-24-33(42-43(7,8)35(2,3)4)30-17-18-32(40)31(22-30)25-39)19-28-15-12-16-29(20-28)21-34(41)38-36(5,6)23-27-13-10-9-11-14-27/h9-18,20,22,26,33,37,39-40H,19,21,23-25H2,1-8H3,(H,38,41)/t26-,33+/m1/s1. The molecule has 0 radical (unpaired) electrons. The van der Waals surface area contributed by atoms with Gasteiger partial charge in [-0.1, -0.05) is 81.4 Å². The predicted octanol–water partition coefficient (Wildman–Crippen LogP) is 6.85. The van der Waals surface area contributed by atoms with Crippen LogP contribution in [-0.4, -0.2) is 42.6 Å². The highest BCUT2D eigenvalue weighted by atomic mass is 28.4. The smallest absolute Gasteiger partial charge is 0.224 e. The number of aliphatic hydroxyl groups excluding tert-OH is 1. The maximum absolute atomic E-state index is 12.9. The molecule has 3 aromatic rings. The summed E-state index contributed by atoms with van der Waals surface area (Å²) in [5.74, 6) is 0.109. The van der Waals surface area contributed by atoms with Crippen molar-refractivity contribution in [3.05, 3.63) is 101 Å². The number of aliphatic hydroxyl groups is 1. The Morgan fingerprint density at radius 2 is 1.56 bits per heavy atom. The van der Waals surface area contributed by atoms with Crippen molar-refractivity contribution < 1.29 is 19.4 Å². The number of benzene rings is 3. The quantitative estimate of drug-likeness (QED) is 0.151. The van der Waals surface area contributed by atoms with Gasteiger partial charge in [0.15, 0.2) is 8.32 Å². The molecule has 2 atom stereocenters. The van der Waals surface area contributed by atoms with Gasteiger partial charge in [0.1, 0.15) is 5.75 Å². The number of hydrogen-bond donors (Lipinski definition) is 4. The van der Waals surface area contributed by atoms with E-state index in [1.807, 2.05) is 42.5 Å². The van der Waals surface area contributed by atoms with Crippen LogP contribution in [0.15, 0.2) is 72.8 Å². The lowest BCUT2D eigenvalue weighted by Gasteiger charge is -2.40. The van der Waals surface area contributed by atoms with Crippen molar-refractivity contribution in [3.8, 4) is 5.75 Å². The van der Waals surface area contributed by atoms with Crippen LogP contribution < -0.4 is 10.6 Å². The van der Waals surface area contributed by atoms with Crippen LogP contribution >= 0.6 is 0 Å². The SMILES string of the molecule is C[C@H](Cc1cccc(CC(=O)NC(C)(C)Cc2ccccc2)c1)NC[C@H](O[Si](C)(C)C(C)(C)C)c1ccc(O)c(CO)c1. The third-order valence-electron chi connectivity index (χ3n) is 8.41. The van der Waals surface area contributed by atoms with Crippen LogP contribution in [0, 0.1) is 0 Å². The third kappa shape index (κ3) is 10.6. The normalized spacial score (nSPS) is 13.9. The predicted molar refractivity (Wildman–Crippen MR) is 179 cm³/mol. The fraction of sp³-hybridized carbons (Fsp3) is 0.472. The minimum Gasteiger partial charge on any atom is -0.508 e. The van der Waals surface area contributed by atoms with Crippen molar-refractivity contribution in [3.63, 3.8) is 0 Å². The number of rotatable bonds is 14. The van der Waals surface area contributed by atoms with E-state index in [1.165, 1.54) is 11.1 Å². The Kier molecular flexibility index (Phi) is 11.8. The molecule has 0 spiro atoms. The van der Waals surface area contributed by atoms with E-state index in [0.717, 1.165) is 24.0 Å². The Bertz CT molecular complexity index is 1330. The van der Waals surface area contributed by atoms with Crippen LogP contribution in [-0.2, 0) is 35.1 Å². The van der Waals surface area contributed by atoms with Gasteiger partial charge in [-0.3, -0.25) is 4.79 Å². The zero-order valence-corrected chi connectivity index (χ0v) is 28.3. The van der Waals surface area contributed by atoms with Crippen molar-refractivity contribution in [2.24, 2.45) is 0 Å². The molecule has 0 unspecified atom stereocenters. The van der Waals surface area contributed by atoms with Crippen molar-refractivity contribution in [2.45, 2.75) is 103 Å². The third-order valence-corrected chi connectivity index (χ3v) is 12.9. The maximum atomic E-state index is 12.9. The highest BCUT2D eigenvalue weighted by Crippen LogP contribution is 2.40. The van der Waals surface area contributed by atoms with Gasteiger partial charge in [-0.25, -0.2) is 0 Å². The van der Waals surface area contributed by atoms with Crippen LogP contribution in [0.3, 0.4) is 0 Å². The van der Waals surface area contributed by atoms with Crippen LogP contribution in [0.5, 0.6) is 5.75 Å². The number of nitrogens with one attached hydrogen (secondary N) is 2. The molecule has 0 heterocycles. The lowest BCUT2D eigenvalue weighted by molar-refractivity contribution is -0.122. The number of phenols is 1. The molecule has 0 aliphatic carbocycles. The van der Waals surface area contributed by atoms with Gasteiger partial charge in [-0.15, -0.1) is 0 Å². The summed E-state index contributed by atoms with van der Waals surface area (Å²) in [4.78, 5) is 12.9. The van der Waals surface area contributed by atoms with E-state index in [0.29, 0.717) is 18.5 Å². The Morgan fingerprint density at radius 1 is 0.907 bits per heavy atom. The molecular weight excluding hydrogens is 552 g/mol. The van der Waals surface area contributed by atoms with Crippen LogP contribution in [0.1, 0.15) is 75.5 Å². The van der Waals surface area contributed by atoms with E-state index in [9.17, 15) is 15.0 Å². The molecule has 7 heteroatoms. The van der Waals surface area contributed by atoms with E-state index in [-0.39, 0.29) is 41.0 Å². The van der Waals surface area contributed by atoms with Gasteiger partial charge in [0, 0.05) is 23.7 Å². The largest absolute Gasteiger partial charge is 0.508 e. The summed E-state index contributed by atoms with van der Waals surface area (Å²) < 4.78 is 6.84. The van der Waals surface area contributed by atoms with E-state index < -0.39 is 8.32 Å². The summed E-state index contributed by atoms with van der Waals surface area (Å²) in [6.07, 6.45) is 1.70. The molecule has 4 N–H and O–H groups in total. The molecule has 0 saturated heterocycles. The summed E-state index contributed by atoms with van der Waals surface area (Å²) >= 11 is 0. The number of carbonyl (C=O) groups is 1. The second-order valence-corrected chi connectivity index (χ2v) is 18.8. The van der Waals surface area contributed by atoms with Gasteiger partial charge in [0.2, 0.25) is 5.91 Å². The average molecular weight is 605 g/mol. The number of hydrogen-bond acceptors (Lipinski definition) is 5. The molecule has 0 aliphatic heterocycles. The van der Waals surface area contributed by atoms with Gasteiger partial charge in [-0.2, -0.15) is 0 Å². The maximum Gasteiger partial charge on any atom is 0.224 e. The fourth-order valence-electron chi connectivity index (χ4n) is 5.05. The monoisotopic (exact) mass is 604 g/mol. The van der Waals surface area contributed by atoms with Crippen LogP contribution in [0.2, 0.25) is 18.1 Å². The molecule has 234 valence electrons. The summed E-state index contributed by atoms with van der Waals surface area (Å²) in [6, 6.07) is 24.0. The minimum atomic E-state index is -2.10. The first kappa shape index (κ1) is 34.5. The molecule has 43 heavy (non-hydrogen) atoms. The van der Waals surface area contributed by atoms with Gasteiger partial charge >= 0.3 is 0 Å². The van der Waals surface area contributed by atoms with E-state index in [1.54, 1.807) is 6.07 Å². The Morgan fingerprint density at radius 3 is 2.21 bits per heavy atom. The summed E-state index contributed by atoms with van der Waals surface area (Å²) in [5, 5.41) is 26.8. The Labute approximate surface area is 260 Å². The molecule has 0 aliphatic rings. The molecule has 3 aromatic carbocycles. The first-order valence-electron chi connectivity index (χ1n) is 15.3. The highest BCUT2D eigenvalue weighted by Gasteiger charge is 2.39. The number of aromatic hydroxyl groups is 1. The molecule has 0 bridgehead atoms. The summed E-state index contributed by atoms with van der Waals surface area (Å²) in [6.45, 7) is 17.8. The van der Waals surface area contributed by atoms with Crippen molar-refractivity contribution in [1.82, 2.24) is 10.6 Å². The Balaban J connectivity index is 1.63. The molecule has 3 rings (SSSR count). The molecular formula is C36H52N2O4Si. The lowest BCUT2D eigenvalue weighted by atomic mass is 9.94. The molecule has 0 aromatic heterocycles. The van der Waals surface area contributed by atoms with Crippen molar-refractivity contribution >= 4 is 14.2 Å². The summed E-state index contributed by atoms with van der Waals surface area (Å²) in [7, 11) is -2.10. The van der Waals surface area contributed by atoms with E-state index in [4.69, 9.17) is 4.43 Å². The van der Waals surface area contributed by atoms with Crippen LogP contribution in [0.4, 0.5) is 0 Å². The molecule has 0 fully saturated rings. The fourth-order valence-corrected chi connectivity index (χ4v) is 6.33. The highest BCUT2D eigenvalue weighted by molar-refractivity contribution is 6.74. The second-order valence-electron chi connectivity index (χ2n) is 14.0. The van der Waals surface area contributed by atoms with Gasteiger partial charge < -0.3 is 25.3 Å². The zero-order chi connectivity index (χ0) is 31.8. The molecule has 6 nitrogen and oxygen atoms in total. The first-order chi connectivity index (χ1) is 20.1. The van der Waals surface area contributed by atoms with Gasteiger partial charge in [0.25, 0.3) is 0 Å². The van der Waals surface area contributed by atoms with Gasteiger partial charge in [0.05, 0.1) is 19.1 Å². The van der Waals surface area contributed by atoms with Crippen molar-refractivity contribution in [2.75, 3.05) is 6.54 Å². The number of amides is 1. The minimum absolute atomic E-state index is 0.0195. The van der Waals surface area contributed by atoms with Crippen molar-refractivity contribution in [1.29, 1.82) is 0 Å². The number of carbonyl (C=O) groups excluding carboxylic acids is 1. The Hall–Kier alpha value is -2.97. The first-order valence-corrected chi connectivity index (χ1v) is 18.3. The van der Waals surface area contributed by atoms with E-state index in [2.05, 4.69) is 89.5 Å². The lowest BCUT2D eigenvalue weighted by Crippen LogP contribution is -2.45. The van der Waals surface area contributed by atoms with E-state index >= 15 is 0 Å². The van der Waals surface area contributed by atoms with Crippen LogP contribution in [0.25, 0.3) is 0 Å². The second kappa shape index (κ2) is 14.7. The average Bonchev–Trinajstić information content (AvgIpc) is 2.90. The zero-order valence-electron chi connectivity index (χ0n) is 27.3. The van der Waals surface area contributed by atoms with Gasteiger partial charge in [-0.05, 0) is 86.1 Å². The molecule has 1 amide bonds. The summed E-state index contributed by atoms with van der Waals surface area (Å²) in [5.41, 5.74) is 4.47. The topological polar surface area (TPSA) is 90.8 Å². The molecule has 0 saturated carbocycles.